The van der Waals surface area contributed by atoms with Crippen LogP contribution in [0.15, 0.2) is 66.2 Å². The number of amides is 4. The molecule has 178 valence electrons. The molecule has 1 heterocycles. The molecule has 3 aromatic rings. The predicted octanol–water partition coefficient (Wildman–Crippen LogP) is 5.61. The Bertz CT molecular complexity index is 1330. The van der Waals surface area contributed by atoms with Crippen LogP contribution in [0.3, 0.4) is 0 Å². The second kappa shape index (κ2) is 10.2. The van der Waals surface area contributed by atoms with Crippen molar-refractivity contribution in [3.8, 4) is 5.75 Å². The molecule has 0 aliphatic carbocycles. The van der Waals surface area contributed by atoms with Crippen molar-refractivity contribution in [2.75, 3.05) is 11.5 Å². The van der Waals surface area contributed by atoms with Crippen LogP contribution in [-0.2, 0) is 16.0 Å². The molecule has 6 nitrogen and oxygen atoms in total. The van der Waals surface area contributed by atoms with Crippen LogP contribution < -0.4 is 15.0 Å². The van der Waals surface area contributed by atoms with Crippen molar-refractivity contribution in [1.82, 2.24) is 5.32 Å². The van der Waals surface area contributed by atoms with E-state index in [-0.39, 0.29) is 5.57 Å². The normalized spacial score (nSPS) is 14.9. The van der Waals surface area contributed by atoms with E-state index in [1.807, 2.05) is 13.0 Å². The van der Waals surface area contributed by atoms with Crippen LogP contribution in [0.1, 0.15) is 34.7 Å². The summed E-state index contributed by atoms with van der Waals surface area (Å²) in [6, 6.07) is 17.5. The summed E-state index contributed by atoms with van der Waals surface area (Å²) >= 11 is 6.55. The first kappa shape index (κ1) is 24.2. The third-order valence-corrected chi connectivity index (χ3v) is 5.92. The number of benzene rings is 3. The maximum atomic E-state index is 13.1. The van der Waals surface area contributed by atoms with Gasteiger partial charge in [0.1, 0.15) is 11.3 Å². The zero-order valence-electron chi connectivity index (χ0n) is 19.7. The van der Waals surface area contributed by atoms with E-state index in [4.69, 9.17) is 16.3 Å². The van der Waals surface area contributed by atoms with E-state index < -0.39 is 17.8 Å². The molecular weight excluding hydrogens is 464 g/mol. The van der Waals surface area contributed by atoms with E-state index in [1.54, 1.807) is 36.4 Å². The Labute approximate surface area is 209 Å². The van der Waals surface area contributed by atoms with Crippen LogP contribution >= 0.6 is 11.6 Å². The van der Waals surface area contributed by atoms with Crippen LogP contribution in [0.4, 0.5) is 10.5 Å². The largest absolute Gasteiger partial charge is 0.494 e. The molecular formula is C28H25ClN2O4. The summed E-state index contributed by atoms with van der Waals surface area (Å²) < 4.78 is 5.41. The number of halogens is 1. The zero-order chi connectivity index (χ0) is 25.1. The van der Waals surface area contributed by atoms with Crippen LogP contribution in [0, 0.1) is 13.8 Å². The lowest BCUT2D eigenvalue weighted by Gasteiger charge is -2.26. The molecule has 3 aromatic carbocycles. The summed E-state index contributed by atoms with van der Waals surface area (Å²) in [5.74, 6) is -0.848. The van der Waals surface area contributed by atoms with Gasteiger partial charge in [-0.1, -0.05) is 53.1 Å². The zero-order valence-corrected chi connectivity index (χ0v) is 20.5. The van der Waals surface area contributed by atoms with E-state index in [1.165, 1.54) is 17.2 Å². The van der Waals surface area contributed by atoms with Gasteiger partial charge in [0.15, 0.2) is 0 Å². The first-order valence-corrected chi connectivity index (χ1v) is 11.6. The Kier molecular flexibility index (Phi) is 7.03. The number of carbonyl (C=O) groups is 3. The molecule has 35 heavy (non-hydrogen) atoms. The quantitative estimate of drug-likeness (QED) is 0.361. The van der Waals surface area contributed by atoms with Crippen molar-refractivity contribution in [3.63, 3.8) is 0 Å². The summed E-state index contributed by atoms with van der Waals surface area (Å²) in [6.07, 6.45) is 2.11. The Hall–Kier alpha value is -3.90. The average Bonchev–Trinajstić information content (AvgIpc) is 2.79. The molecule has 1 saturated heterocycles. The van der Waals surface area contributed by atoms with Crippen LogP contribution in [-0.4, -0.2) is 24.5 Å². The van der Waals surface area contributed by atoms with Gasteiger partial charge in [-0.15, -0.1) is 0 Å². The maximum absolute atomic E-state index is 13.1. The molecule has 0 spiro atoms. The average molecular weight is 489 g/mol. The highest BCUT2D eigenvalue weighted by atomic mass is 35.5. The first-order chi connectivity index (χ1) is 16.7. The van der Waals surface area contributed by atoms with E-state index in [2.05, 4.69) is 37.4 Å². The topological polar surface area (TPSA) is 75.7 Å². The molecule has 7 heteroatoms. The monoisotopic (exact) mass is 488 g/mol. The number of imide groups is 2. The number of nitrogens with one attached hydrogen (secondary N) is 1. The minimum atomic E-state index is -0.803. The summed E-state index contributed by atoms with van der Waals surface area (Å²) in [5.41, 5.74) is 5.22. The van der Waals surface area contributed by atoms with Gasteiger partial charge in [0.05, 0.1) is 12.3 Å². The van der Waals surface area contributed by atoms with Crippen molar-refractivity contribution in [1.29, 1.82) is 0 Å². The summed E-state index contributed by atoms with van der Waals surface area (Å²) in [5, 5.41) is 2.76. The minimum absolute atomic E-state index is 0.156. The van der Waals surface area contributed by atoms with Gasteiger partial charge in [-0.25, -0.2) is 9.69 Å². The highest BCUT2D eigenvalue weighted by Gasteiger charge is 2.36. The fourth-order valence-corrected chi connectivity index (χ4v) is 4.36. The molecule has 0 radical (unpaired) electrons. The highest BCUT2D eigenvalue weighted by Crippen LogP contribution is 2.26. The Balaban J connectivity index is 1.59. The summed E-state index contributed by atoms with van der Waals surface area (Å²) in [6.45, 7) is 6.47. The lowest BCUT2D eigenvalue weighted by atomic mass is 9.99. The SMILES string of the molecule is CCOc1ccc(N2C(=O)NC(=O)/C(=C\c3ccc(Cc4cc(C)cc(C)c4)c(Cl)c3)C2=O)cc1. The first-order valence-electron chi connectivity index (χ1n) is 11.2. The van der Waals surface area contributed by atoms with Gasteiger partial charge in [-0.05, 0) is 80.3 Å². The van der Waals surface area contributed by atoms with Crippen molar-refractivity contribution < 1.29 is 19.1 Å². The number of carbonyl (C=O) groups excluding carboxylic acids is 3. The number of anilines is 1. The van der Waals surface area contributed by atoms with Gasteiger partial charge >= 0.3 is 6.03 Å². The maximum Gasteiger partial charge on any atom is 0.335 e. The fourth-order valence-electron chi connectivity index (χ4n) is 4.10. The molecule has 1 N–H and O–H groups in total. The molecule has 0 bridgehead atoms. The Morgan fingerprint density at radius 2 is 1.63 bits per heavy atom. The van der Waals surface area contributed by atoms with Crippen LogP contribution in [0.2, 0.25) is 5.02 Å². The second-order valence-corrected chi connectivity index (χ2v) is 8.82. The number of rotatable bonds is 6. The number of ether oxygens (including phenoxy) is 1. The summed E-state index contributed by atoms with van der Waals surface area (Å²) in [4.78, 5) is 39.0. The van der Waals surface area contributed by atoms with Gasteiger partial charge in [0.2, 0.25) is 0 Å². The predicted molar refractivity (Wildman–Crippen MR) is 137 cm³/mol. The van der Waals surface area contributed by atoms with E-state index >= 15 is 0 Å². The van der Waals surface area contributed by atoms with E-state index in [0.29, 0.717) is 35.1 Å². The number of nitrogens with zero attached hydrogens (tertiary/aromatic N) is 1. The highest BCUT2D eigenvalue weighted by molar-refractivity contribution is 6.39. The number of aryl methyl sites for hydroxylation is 2. The Morgan fingerprint density at radius 3 is 2.26 bits per heavy atom. The van der Waals surface area contributed by atoms with Gasteiger partial charge in [0, 0.05) is 5.02 Å². The van der Waals surface area contributed by atoms with Gasteiger partial charge in [-0.3, -0.25) is 14.9 Å². The third-order valence-electron chi connectivity index (χ3n) is 5.57. The van der Waals surface area contributed by atoms with Crippen molar-refractivity contribution >= 4 is 41.2 Å². The van der Waals surface area contributed by atoms with Crippen LogP contribution in [0.25, 0.3) is 6.08 Å². The summed E-state index contributed by atoms with van der Waals surface area (Å²) in [7, 11) is 0. The van der Waals surface area contributed by atoms with Crippen LogP contribution in [0.5, 0.6) is 5.75 Å². The molecule has 1 aliphatic rings. The number of hydrogen-bond donors (Lipinski definition) is 1. The van der Waals surface area contributed by atoms with Gasteiger partial charge in [-0.2, -0.15) is 0 Å². The molecule has 4 amide bonds. The minimum Gasteiger partial charge on any atom is -0.494 e. The van der Waals surface area contributed by atoms with Gasteiger partial charge in [0.25, 0.3) is 11.8 Å². The third kappa shape index (κ3) is 5.44. The molecule has 4 rings (SSSR count). The molecule has 0 unspecified atom stereocenters. The molecule has 1 aliphatic heterocycles. The van der Waals surface area contributed by atoms with E-state index in [0.717, 1.165) is 16.0 Å². The van der Waals surface area contributed by atoms with Crippen molar-refractivity contribution in [3.05, 3.63) is 99.1 Å². The van der Waals surface area contributed by atoms with Crippen molar-refractivity contribution in [2.24, 2.45) is 0 Å². The lowest BCUT2D eigenvalue weighted by molar-refractivity contribution is -0.122. The standard InChI is InChI=1S/C28H25ClN2O4/c1-4-35-23-9-7-22(8-10-23)31-27(33)24(26(32)30-28(31)34)15-19-5-6-21(25(29)16-19)14-20-12-17(2)11-18(3)13-20/h5-13,15-16H,4,14H2,1-3H3,(H,30,32,34)/b24-15+. The smallest absolute Gasteiger partial charge is 0.335 e. The number of hydrogen-bond acceptors (Lipinski definition) is 4. The molecule has 0 aromatic heterocycles. The van der Waals surface area contributed by atoms with Gasteiger partial charge < -0.3 is 4.74 Å². The fraction of sp³-hybridized carbons (Fsp3) is 0.179. The Morgan fingerprint density at radius 1 is 0.943 bits per heavy atom. The number of urea groups is 1. The number of barbiturate groups is 1. The lowest BCUT2D eigenvalue weighted by Crippen LogP contribution is -2.54. The molecule has 1 fully saturated rings. The molecule has 0 saturated carbocycles. The van der Waals surface area contributed by atoms with E-state index in [9.17, 15) is 14.4 Å². The second-order valence-electron chi connectivity index (χ2n) is 8.41. The van der Waals surface area contributed by atoms with Crippen molar-refractivity contribution in [2.45, 2.75) is 27.2 Å². The molecule has 0 atom stereocenters.